The van der Waals surface area contributed by atoms with Crippen LogP contribution in [-0.4, -0.2) is 31.4 Å². The third-order valence-corrected chi connectivity index (χ3v) is 4.33. The van der Waals surface area contributed by atoms with Crippen molar-refractivity contribution in [2.24, 2.45) is 11.7 Å². The predicted octanol–water partition coefficient (Wildman–Crippen LogP) is 2.74. The smallest absolute Gasteiger partial charge is 0.255 e. The Morgan fingerprint density at radius 2 is 1.80 bits per heavy atom. The number of hydrogen-bond acceptors (Lipinski definition) is 5. The SMILES string of the molecule is COc1cc(C(=O)NCc2ccc(NC(=O)C(C)C)cc2)cc(Cl)c1OCC(N)=O. The number of carbonyl (C=O) groups excluding carboxylic acids is 3. The van der Waals surface area contributed by atoms with Crippen molar-refractivity contribution in [2.45, 2.75) is 20.4 Å². The Bertz CT molecular complexity index is 929. The van der Waals surface area contributed by atoms with E-state index in [0.29, 0.717) is 5.69 Å². The average Bonchev–Trinajstić information content (AvgIpc) is 2.71. The minimum absolute atomic E-state index is 0.0647. The number of nitrogens with two attached hydrogens (primary N) is 1. The summed E-state index contributed by atoms with van der Waals surface area (Å²) in [7, 11) is 1.39. The molecule has 160 valence electrons. The summed E-state index contributed by atoms with van der Waals surface area (Å²) in [4.78, 5) is 35.1. The molecule has 0 atom stereocenters. The Balaban J connectivity index is 2.03. The standard InChI is InChI=1S/C21H24ClN3O5/c1-12(2)20(27)25-15-6-4-13(5-7-15)10-24-21(28)14-8-16(22)19(17(9-14)29-3)30-11-18(23)26/h4-9,12H,10-11H2,1-3H3,(H2,23,26)(H,24,28)(H,25,27). The summed E-state index contributed by atoms with van der Waals surface area (Å²) in [6, 6.07) is 10.0. The number of carbonyl (C=O) groups is 3. The van der Waals surface area contributed by atoms with Gasteiger partial charge in [0.1, 0.15) is 0 Å². The molecule has 2 rings (SSSR count). The highest BCUT2D eigenvalue weighted by Gasteiger charge is 2.16. The summed E-state index contributed by atoms with van der Waals surface area (Å²) in [5.41, 5.74) is 6.88. The fourth-order valence-corrected chi connectivity index (χ4v) is 2.68. The first-order chi connectivity index (χ1) is 14.2. The number of primary amides is 1. The molecule has 0 aliphatic carbocycles. The zero-order valence-corrected chi connectivity index (χ0v) is 17.7. The van der Waals surface area contributed by atoms with Crippen molar-refractivity contribution in [3.05, 3.63) is 52.5 Å². The van der Waals surface area contributed by atoms with Gasteiger partial charge >= 0.3 is 0 Å². The van der Waals surface area contributed by atoms with Gasteiger partial charge < -0.3 is 25.8 Å². The number of benzene rings is 2. The van der Waals surface area contributed by atoms with Crippen molar-refractivity contribution in [2.75, 3.05) is 19.0 Å². The highest BCUT2D eigenvalue weighted by molar-refractivity contribution is 6.32. The van der Waals surface area contributed by atoms with E-state index < -0.39 is 5.91 Å². The molecule has 0 spiro atoms. The molecule has 9 heteroatoms. The van der Waals surface area contributed by atoms with Crippen LogP contribution >= 0.6 is 11.6 Å². The molecule has 2 aromatic carbocycles. The molecule has 0 fully saturated rings. The molecule has 0 radical (unpaired) electrons. The molecule has 0 saturated carbocycles. The summed E-state index contributed by atoms with van der Waals surface area (Å²) in [5.74, 6) is -0.864. The molecular weight excluding hydrogens is 410 g/mol. The van der Waals surface area contributed by atoms with Gasteiger partial charge in [-0.1, -0.05) is 37.6 Å². The molecule has 0 heterocycles. The van der Waals surface area contributed by atoms with Crippen molar-refractivity contribution < 1.29 is 23.9 Å². The average molecular weight is 434 g/mol. The number of amides is 3. The fourth-order valence-electron chi connectivity index (χ4n) is 2.41. The van der Waals surface area contributed by atoms with Crippen LogP contribution in [0.1, 0.15) is 29.8 Å². The third kappa shape index (κ3) is 6.38. The lowest BCUT2D eigenvalue weighted by atomic mass is 10.1. The number of methoxy groups -OCH3 is 1. The largest absolute Gasteiger partial charge is 0.493 e. The van der Waals surface area contributed by atoms with Gasteiger partial charge in [0.05, 0.1) is 12.1 Å². The number of hydrogen-bond donors (Lipinski definition) is 3. The van der Waals surface area contributed by atoms with E-state index in [1.807, 2.05) is 26.0 Å². The van der Waals surface area contributed by atoms with E-state index in [1.54, 1.807) is 12.1 Å². The van der Waals surface area contributed by atoms with Crippen LogP contribution in [0.25, 0.3) is 0 Å². The molecule has 8 nitrogen and oxygen atoms in total. The second-order valence-corrected chi connectivity index (χ2v) is 7.18. The van der Waals surface area contributed by atoms with E-state index in [0.717, 1.165) is 5.56 Å². The lowest BCUT2D eigenvalue weighted by Gasteiger charge is -2.13. The van der Waals surface area contributed by atoms with Crippen LogP contribution in [0.5, 0.6) is 11.5 Å². The van der Waals surface area contributed by atoms with Crippen molar-refractivity contribution in [3.63, 3.8) is 0 Å². The minimum atomic E-state index is -0.662. The minimum Gasteiger partial charge on any atom is -0.493 e. The summed E-state index contributed by atoms with van der Waals surface area (Å²) in [6.07, 6.45) is 0. The van der Waals surface area contributed by atoms with Gasteiger partial charge in [-0.3, -0.25) is 14.4 Å². The number of halogens is 1. The highest BCUT2D eigenvalue weighted by atomic mass is 35.5. The van der Waals surface area contributed by atoms with Gasteiger partial charge in [-0.25, -0.2) is 0 Å². The van der Waals surface area contributed by atoms with E-state index in [1.165, 1.54) is 19.2 Å². The molecule has 2 aromatic rings. The maximum absolute atomic E-state index is 12.5. The van der Waals surface area contributed by atoms with Gasteiger partial charge in [-0.15, -0.1) is 0 Å². The van der Waals surface area contributed by atoms with Gasteiger partial charge in [-0.2, -0.15) is 0 Å². The highest BCUT2D eigenvalue weighted by Crippen LogP contribution is 2.36. The predicted molar refractivity (Wildman–Crippen MR) is 114 cm³/mol. The number of ether oxygens (including phenoxy) is 2. The van der Waals surface area contributed by atoms with E-state index in [4.69, 9.17) is 26.8 Å². The normalized spacial score (nSPS) is 10.4. The summed E-state index contributed by atoms with van der Waals surface area (Å²) >= 11 is 6.17. The number of rotatable bonds is 9. The summed E-state index contributed by atoms with van der Waals surface area (Å²) < 4.78 is 10.4. The molecule has 0 aromatic heterocycles. The van der Waals surface area contributed by atoms with Gasteiger partial charge in [0.15, 0.2) is 18.1 Å². The maximum atomic E-state index is 12.5. The topological polar surface area (TPSA) is 120 Å². The van der Waals surface area contributed by atoms with E-state index in [-0.39, 0.29) is 53.0 Å². The van der Waals surface area contributed by atoms with Crippen molar-refractivity contribution in [1.82, 2.24) is 5.32 Å². The Morgan fingerprint density at radius 1 is 1.13 bits per heavy atom. The Kier molecular flexibility index (Phi) is 8.06. The molecule has 0 aliphatic rings. The first-order valence-corrected chi connectivity index (χ1v) is 9.55. The molecule has 0 bridgehead atoms. The maximum Gasteiger partial charge on any atom is 0.255 e. The number of nitrogens with one attached hydrogen (secondary N) is 2. The molecule has 0 aliphatic heterocycles. The first kappa shape index (κ1) is 23.0. The molecule has 0 saturated heterocycles. The summed E-state index contributed by atoms with van der Waals surface area (Å²) in [5, 5.41) is 5.71. The Hall–Kier alpha value is -3.26. The quantitative estimate of drug-likeness (QED) is 0.561. The fraction of sp³-hybridized carbons (Fsp3) is 0.286. The van der Waals surface area contributed by atoms with Crippen molar-refractivity contribution in [1.29, 1.82) is 0 Å². The van der Waals surface area contributed by atoms with Gasteiger partial charge in [0.2, 0.25) is 5.91 Å². The van der Waals surface area contributed by atoms with Gasteiger partial charge in [0.25, 0.3) is 11.8 Å². The van der Waals surface area contributed by atoms with Crippen LogP contribution in [0.4, 0.5) is 5.69 Å². The molecule has 3 amide bonds. The zero-order chi connectivity index (χ0) is 22.3. The molecule has 4 N–H and O–H groups in total. The monoisotopic (exact) mass is 433 g/mol. The van der Waals surface area contributed by atoms with Crippen molar-refractivity contribution >= 4 is 35.0 Å². The molecule has 0 unspecified atom stereocenters. The van der Waals surface area contributed by atoms with E-state index >= 15 is 0 Å². The second-order valence-electron chi connectivity index (χ2n) is 6.77. The lowest BCUT2D eigenvalue weighted by molar-refractivity contribution is -0.120. The van der Waals surface area contributed by atoms with Gasteiger partial charge in [-0.05, 0) is 29.8 Å². The van der Waals surface area contributed by atoms with Crippen LogP contribution in [0.15, 0.2) is 36.4 Å². The molecule has 30 heavy (non-hydrogen) atoms. The van der Waals surface area contributed by atoms with Crippen LogP contribution in [0, 0.1) is 5.92 Å². The van der Waals surface area contributed by atoms with Gasteiger partial charge in [0, 0.05) is 23.7 Å². The third-order valence-electron chi connectivity index (χ3n) is 4.05. The van der Waals surface area contributed by atoms with E-state index in [2.05, 4.69) is 10.6 Å². The first-order valence-electron chi connectivity index (χ1n) is 9.18. The van der Waals surface area contributed by atoms with Crippen LogP contribution in [0.2, 0.25) is 5.02 Å². The van der Waals surface area contributed by atoms with Crippen LogP contribution in [0.3, 0.4) is 0 Å². The lowest BCUT2D eigenvalue weighted by Crippen LogP contribution is -2.23. The second kappa shape index (κ2) is 10.5. The number of anilines is 1. The van der Waals surface area contributed by atoms with E-state index in [9.17, 15) is 14.4 Å². The Morgan fingerprint density at radius 3 is 2.37 bits per heavy atom. The van der Waals surface area contributed by atoms with Crippen LogP contribution < -0.4 is 25.8 Å². The zero-order valence-electron chi connectivity index (χ0n) is 17.0. The van der Waals surface area contributed by atoms with Crippen molar-refractivity contribution in [3.8, 4) is 11.5 Å². The van der Waals surface area contributed by atoms with Crippen LogP contribution in [-0.2, 0) is 16.1 Å². The molecular formula is C21H24ClN3O5. The Labute approximate surface area is 179 Å². The summed E-state index contributed by atoms with van der Waals surface area (Å²) in [6.45, 7) is 3.54.